The minimum atomic E-state index is -0.0838. The number of carbonyl (C=O) groups is 1. The summed E-state index contributed by atoms with van der Waals surface area (Å²) in [5.41, 5.74) is 3.18. The van der Waals surface area contributed by atoms with Crippen LogP contribution in [0, 0.1) is 6.92 Å². The molecule has 1 saturated heterocycles. The van der Waals surface area contributed by atoms with Crippen LogP contribution in [0.4, 0.5) is 0 Å². The van der Waals surface area contributed by atoms with Crippen molar-refractivity contribution in [3.63, 3.8) is 0 Å². The fourth-order valence-electron chi connectivity index (χ4n) is 3.19. The second-order valence-electron chi connectivity index (χ2n) is 6.77. The van der Waals surface area contributed by atoms with Crippen LogP contribution < -0.4 is 5.32 Å². The molecule has 0 spiro atoms. The number of hydrogen-bond acceptors (Lipinski definition) is 4. The summed E-state index contributed by atoms with van der Waals surface area (Å²) in [6, 6.07) is 6.10. The van der Waals surface area contributed by atoms with Gasteiger partial charge in [0.2, 0.25) is 5.91 Å². The Morgan fingerprint density at radius 1 is 1.25 bits per heavy atom. The second-order valence-corrected chi connectivity index (χ2v) is 6.77. The van der Waals surface area contributed by atoms with Crippen molar-refractivity contribution in [3.05, 3.63) is 29.6 Å². The fourth-order valence-corrected chi connectivity index (χ4v) is 3.19. The summed E-state index contributed by atoms with van der Waals surface area (Å²) in [7, 11) is 4.14. The van der Waals surface area contributed by atoms with Crippen molar-refractivity contribution in [3.8, 4) is 0 Å². The van der Waals surface area contributed by atoms with Gasteiger partial charge in [-0.15, -0.1) is 0 Å². The molecule has 1 aliphatic rings. The molecule has 0 bridgehead atoms. The highest BCUT2D eigenvalue weighted by atomic mass is 16.2. The van der Waals surface area contributed by atoms with E-state index in [9.17, 15) is 4.79 Å². The Morgan fingerprint density at radius 2 is 1.96 bits per heavy atom. The summed E-state index contributed by atoms with van der Waals surface area (Å²) in [5.74, 6) is 1.09. The largest absolute Gasteiger partial charge is 0.351 e. The molecule has 2 heterocycles. The van der Waals surface area contributed by atoms with E-state index in [1.807, 2.05) is 20.9 Å². The number of carbonyl (C=O) groups excluding carboxylic acids is 1. The predicted octanol–water partition coefficient (Wildman–Crippen LogP) is 1.13. The first-order valence-electron chi connectivity index (χ1n) is 8.58. The molecule has 1 atom stereocenters. The molecular formula is C18H27N5O. The second kappa shape index (κ2) is 6.91. The van der Waals surface area contributed by atoms with Crippen molar-refractivity contribution in [2.75, 3.05) is 33.2 Å². The van der Waals surface area contributed by atoms with Crippen molar-refractivity contribution in [1.29, 1.82) is 0 Å². The van der Waals surface area contributed by atoms with Crippen molar-refractivity contribution in [1.82, 2.24) is 24.7 Å². The monoisotopic (exact) mass is 329 g/mol. The van der Waals surface area contributed by atoms with Crippen LogP contribution in [0.2, 0.25) is 0 Å². The third-order valence-electron chi connectivity index (χ3n) is 5.10. The van der Waals surface area contributed by atoms with E-state index >= 15 is 0 Å². The van der Waals surface area contributed by atoms with E-state index < -0.39 is 0 Å². The molecule has 130 valence electrons. The number of benzene rings is 1. The van der Waals surface area contributed by atoms with E-state index in [1.165, 1.54) is 0 Å². The van der Waals surface area contributed by atoms with Gasteiger partial charge in [0.25, 0.3) is 0 Å². The van der Waals surface area contributed by atoms with Crippen LogP contribution in [0.5, 0.6) is 0 Å². The van der Waals surface area contributed by atoms with Gasteiger partial charge in [0.05, 0.1) is 17.1 Å². The first kappa shape index (κ1) is 16.9. The lowest BCUT2D eigenvalue weighted by molar-refractivity contribution is -0.126. The molecule has 6 nitrogen and oxygen atoms in total. The Labute approximate surface area is 143 Å². The topological polar surface area (TPSA) is 53.4 Å². The number of rotatable bonds is 4. The van der Waals surface area contributed by atoms with Crippen LogP contribution in [0.25, 0.3) is 11.0 Å². The van der Waals surface area contributed by atoms with Crippen LogP contribution >= 0.6 is 0 Å². The molecule has 6 heteroatoms. The summed E-state index contributed by atoms with van der Waals surface area (Å²) in [6.45, 7) is 8.47. The van der Waals surface area contributed by atoms with Crippen molar-refractivity contribution in [2.24, 2.45) is 7.05 Å². The zero-order chi connectivity index (χ0) is 17.3. The number of fused-ring (bicyclic) bond motifs is 1. The van der Waals surface area contributed by atoms with Crippen molar-refractivity contribution < 1.29 is 4.79 Å². The Kier molecular flexibility index (Phi) is 4.87. The van der Waals surface area contributed by atoms with Crippen LogP contribution in [-0.4, -0.2) is 64.5 Å². The molecule has 24 heavy (non-hydrogen) atoms. The molecule has 0 aliphatic carbocycles. The average Bonchev–Trinajstić information content (AvgIpc) is 2.86. The number of aryl methyl sites for hydroxylation is 2. The van der Waals surface area contributed by atoms with E-state index in [1.54, 1.807) is 0 Å². The Bertz CT molecular complexity index is 730. The molecule has 1 aromatic heterocycles. The molecular weight excluding hydrogens is 302 g/mol. The van der Waals surface area contributed by atoms with E-state index in [-0.39, 0.29) is 11.9 Å². The van der Waals surface area contributed by atoms with Gasteiger partial charge < -0.3 is 14.8 Å². The van der Waals surface area contributed by atoms with E-state index in [4.69, 9.17) is 0 Å². The van der Waals surface area contributed by atoms with Gasteiger partial charge >= 0.3 is 0 Å². The van der Waals surface area contributed by atoms with E-state index in [0.717, 1.165) is 48.6 Å². The molecule has 1 aliphatic heterocycles. The molecule has 1 N–H and O–H groups in total. The van der Waals surface area contributed by atoms with Gasteiger partial charge in [-0.25, -0.2) is 4.98 Å². The number of aromatic nitrogens is 2. The molecule has 3 rings (SSSR count). The summed E-state index contributed by atoms with van der Waals surface area (Å²) in [5, 5.41) is 3.06. The number of likely N-dealkylation sites (N-methyl/N-ethyl adjacent to an activating group) is 1. The predicted molar refractivity (Wildman–Crippen MR) is 95.8 cm³/mol. The van der Waals surface area contributed by atoms with Crippen LogP contribution in [0.15, 0.2) is 18.2 Å². The first-order chi connectivity index (χ1) is 11.5. The molecule has 1 fully saturated rings. The lowest BCUT2D eigenvalue weighted by Gasteiger charge is -2.35. The quantitative estimate of drug-likeness (QED) is 0.914. The normalized spacial score (nSPS) is 18.0. The maximum absolute atomic E-state index is 12.4. The van der Waals surface area contributed by atoms with Gasteiger partial charge in [0.15, 0.2) is 0 Å². The highest BCUT2D eigenvalue weighted by Crippen LogP contribution is 2.16. The number of nitrogens with zero attached hydrogens (tertiary/aromatic N) is 4. The molecule has 1 aromatic carbocycles. The lowest BCUT2D eigenvalue weighted by Crippen LogP contribution is -2.52. The number of imidazole rings is 1. The number of nitrogens with one attached hydrogen (secondary N) is 1. The zero-order valence-electron chi connectivity index (χ0n) is 15.0. The maximum atomic E-state index is 12.4. The standard InChI is InChI=1S/C18H27N5O/c1-13(23-9-7-21(3)8-10-23)18(24)19-12-15-5-6-17-16(11-15)20-14(2)22(17)4/h5-6,11,13H,7-10,12H2,1-4H3,(H,19,24)/t13-/m1/s1. The Hall–Kier alpha value is -1.92. The zero-order valence-corrected chi connectivity index (χ0v) is 15.0. The van der Waals surface area contributed by atoms with E-state index in [2.05, 4.69) is 49.9 Å². The van der Waals surface area contributed by atoms with Crippen LogP contribution in [0.3, 0.4) is 0 Å². The minimum Gasteiger partial charge on any atom is -0.351 e. The van der Waals surface area contributed by atoms with Gasteiger partial charge in [-0.1, -0.05) is 6.07 Å². The molecule has 0 radical (unpaired) electrons. The van der Waals surface area contributed by atoms with Crippen LogP contribution in [-0.2, 0) is 18.4 Å². The fraction of sp³-hybridized carbons (Fsp3) is 0.556. The third-order valence-corrected chi connectivity index (χ3v) is 5.10. The SMILES string of the molecule is Cc1nc2cc(CNC(=O)[C@@H](C)N3CCN(C)CC3)ccc2n1C. The Balaban J connectivity index is 1.59. The molecule has 2 aromatic rings. The molecule has 1 amide bonds. The summed E-state index contributed by atoms with van der Waals surface area (Å²) >= 11 is 0. The van der Waals surface area contributed by atoms with E-state index in [0.29, 0.717) is 6.54 Å². The van der Waals surface area contributed by atoms with Gasteiger partial charge in [-0.3, -0.25) is 9.69 Å². The van der Waals surface area contributed by atoms with Crippen LogP contribution in [0.1, 0.15) is 18.3 Å². The number of piperazine rings is 1. The van der Waals surface area contributed by atoms with Crippen molar-refractivity contribution in [2.45, 2.75) is 26.4 Å². The lowest BCUT2D eigenvalue weighted by atomic mass is 10.2. The number of hydrogen-bond donors (Lipinski definition) is 1. The Morgan fingerprint density at radius 3 is 2.67 bits per heavy atom. The summed E-state index contributed by atoms with van der Waals surface area (Å²) in [6.07, 6.45) is 0. The van der Waals surface area contributed by atoms with Gasteiger partial charge in [0.1, 0.15) is 5.82 Å². The van der Waals surface area contributed by atoms with Crippen molar-refractivity contribution >= 4 is 16.9 Å². The van der Waals surface area contributed by atoms with Gasteiger partial charge in [-0.05, 0) is 38.6 Å². The smallest absolute Gasteiger partial charge is 0.237 e. The van der Waals surface area contributed by atoms with Gasteiger partial charge in [-0.2, -0.15) is 0 Å². The maximum Gasteiger partial charge on any atom is 0.237 e. The molecule has 0 unspecified atom stereocenters. The highest BCUT2D eigenvalue weighted by Gasteiger charge is 2.24. The average molecular weight is 329 g/mol. The molecule has 0 saturated carbocycles. The third kappa shape index (κ3) is 3.44. The highest BCUT2D eigenvalue weighted by molar-refractivity contribution is 5.81. The first-order valence-corrected chi connectivity index (χ1v) is 8.58. The number of amides is 1. The minimum absolute atomic E-state index is 0.0838. The van der Waals surface area contributed by atoms with Gasteiger partial charge in [0, 0.05) is 39.8 Å². The summed E-state index contributed by atoms with van der Waals surface area (Å²) < 4.78 is 2.08. The summed E-state index contributed by atoms with van der Waals surface area (Å²) in [4.78, 5) is 21.5.